The lowest BCUT2D eigenvalue weighted by Crippen LogP contribution is -2.07. The van der Waals surface area contributed by atoms with Crippen LogP contribution in [0.1, 0.15) is 13.3 Å². The fraction of sp³-hybridized carbons (Fsp3) is 0.429. The molecule has 0 amide bonds. The van der Waals surface area contributed by atoms with Gasteiger partial charge in [-0.1, -0.05) is 24.6 Å². The van der Waals surface area contributed by atoms with Gasteiger partial charge in [0, 0.05) is 5.70 Å². The van der Waals surface area contributed by atoms with Crippen LogP contribution in [-0.4, -0.2) is 0 Å². The number of hydrogen-bond acceptors (Lipinski definition) is 1. The lowest BCUT2D eigenvalue weighted by Gasteiger charge is -2.11. The standard InChI is InChI=1S/C7H10ClN/c1-5-2-3-6(8)7(9)4-5/h2-3,5H,4,9H2,1H3. The van der Waals surface area contributed by atoms with Crippen LogP contribution in [0.2, 0.25) is 0 Å². The molecule has 0 aromatic heterocycles. The molecule has 50 valence electrons. The molecule has 1 rings (SSSR count). The molecule has 1 nitrogen and oxygen atoms in total. The maximum absolute atomic E-state index is 5.70. The summed E-state index contributed by atoms with van der Waals surface area (Å²) in [6.07, 6.45) is 4.83. The molecule has 1 unspecified atom stereocenters. The fourth-order valence-electron chi connectivity index (χ4n) is 0.868. The highest BCUT2D eigenvalue weighted by molar-refractivity contribution is 6.31. The van der Waals surface area contributed by atoms with Gasteiger partial charge in [0.2, 0.25) is 0 Å². The topological polar surface area (TPSA) is 26.0 Å². The maximum Gasteiger partial charge on any atom is 0.0590 e. The van der Waals surface area contributed by atoms with Gasteiger partial charge < -0.3 is 5.73 Å². The van der Waals surface area contributed by atoms with E-state index in [2.05, 4.69) is 13.0 Å². The summed E-state index contributed by atoms with van der Waals surface area (Å²) in [5.74, 6) is 0.549. The third kappa shape index (κ3) is 1.49. The van der Waals surface area contributed by atoms with E-state index in [1.807, 2.05) is 6.08 Å². The Bertz CT molecular complexity index is 170. The van der Waals surface area contributed by atoms with Crippen LogP contribution < -0.4 is 5.73 Å². The van der Waals surface area contributed by atoms with Crippen molar-refractivity contribution < 1.29 is 0 Å². The molecular weight excluding hydrogens is 134 g/mol. The summed E-state index contributed by atoms with van der Waals surface area (Å²) in [6.45, 7) is 2.12. The first kappa shape index (κ1) is 6.69. The van der Waals surface area contributed by atoms with Gasteiger partial charge in [0.1, 0.15) is 0 Å². The van der Waals surface area contributed by atoms with E-state index in [0.29, 0.717) is 11.0 Å². The summed E-state index contributed by atoms with van der Waals surface area (Å²) in [6, 6.07) is 0. The Labute approximate surface area is 60.2 Å². The van der Waals surface area contributed by atoms with E-state index in [9.17, 15) is 0 Å². The zero-order chi connectivity index (χ0) is 6.85. The lowest BCUT2D eigenvalue weighted by atomic mass is 10.0. The molecule has 1 atom stereocenters. The highest BCUT2D eigenvalue weighted by Crippen LogP contribution is 2.21. The van der Waals surface area contributed by atoms with Crippen LogP contribution in [0.15, 0.2) is 22.9 Å². The first-order chi connectivity index (χ1) is 4.20. The molecule has 0 bridgehead atoms. The Morgan fingerprint density at radius 3 is 2.89 bits per heavy atom. The van der Waals surface area contributed by atoms with Gasteiger partial charge in [-0.3, -0.25) is 0 Å². The quantitative estimate of drug-likeness (QED) is 0.552. The summed E-state index contributed by atoms with van der Waals surface area (Å²) < 4.78 is 0. The van der Waals surface area contributed by atoms with Crippen LogP contribution >= 0.6 is 11.6 Å². The van der Waals surface area contributed by atoms with Crippen LogP contribution in [0.25, 0.3) is 0 Å². The van der Waals surface area contributed by atoms with Crippen molar-refractivity contribution in [1.29, 1.82) is 0 Å². The first-order valence-electron chi connectivity index (χ1n) is 3.02. The van der Waals surface area contributed by atoms with E-state index in [-0.39, 0.29) is 0 Å². The summed E-state index contributed by atoms with van der Waals surface area (Å²) in [4.78, 5) is 0. The minimum absolute atomic E-state index is 0.549. The van der Waals surface area contributed by atoms with E-state index >= 15 is 0 Å². The summed E-state index contributed by atoms with van der Waals surface area (Å²) in [7, 11) is 0. The van der Waals surface area contributed by atoms with Crippen molar-refractivity contribution in [3.63, 3.8) is 0 Å². The second kappa shape index (κ2) is 2.44. The van der Waals surface area contributed by atoms with Crippen molar-refractivity contribution >= 4 is 11.6 Å². The molecule has 1 aliphatic rings. The van der Waals surface area contributed by atoms with Crippen molar-refractivity contribution in [3.8, 4) is 0 Å². The summed E-state index contributed by atoms with van der Waals surface area (Å²) in [5.41, 5.74) is 6.38. The predicted molar refractivity (Wildman–Crippen MR) is 40.0 cm³/mol. The Morgan fingerprint density at radius 2 is 2.44 bits per heavy atom. The maximum atomic E-state index is 5.70. The molecule has 0 saturated heterocycles. The van der Waals surface area contributed by atoms with Crippen molar-refractivity contribution in [3.05, 3.63) is 22.9 Å². The molecular formula is C7H10ClN. The molecule has 0 saturated carbocycles. The van der Waals surface area contributed by atoms with Gasteiger partial charge in [-0.05, 0) is 18.4 Å². The van der Waals surface area contributed by atoms with E-state index in [4.69, 9.17) is 17.3 Å². The van der Waals surface area contributed by atoms with Crippen LogP contribution in [-0.2, 0) is 0 Å². The molecule has 1 aliphatic carbocycles. The SMILES string of the molecule is CC1C=CC(Cl)=C(N)C1. The van der Waals surface area contributed by atoms with Gasteiger partial charge in [-0.2, -0.15) is 0 Å². The number of hydrogen-bond donors (Lipinski definition) is 1. The third-order valence-electron chi connectivity index (χ3n) is 1.42. The van der Waals surface area contributed by atoms with Crippen molar-refractivity contribution in [2.75, 3.05) is 0 Å². The van der Waals surface area contributed by atoms with Crippen molar-refractivity contribution in [2.45, 2.75) is 13.3 Å². The van der Waals surface area contributed by atoms with Crippen molar-refractivity contribution in [1.82, 2.24) is 0 Å². The second-order valence-corrected chi connectivity index (χ2v) is 2.82. The zero-order valence-corrected chi connectivity index (χ0v) is 6.15. The number of halogens is 1. The molecule has 0 fully saturated rings. The first-order valence-corrected chi connectivity index (χ1v) is 3.40. The minimum atomic E-state index is 0.549. The fourth-order valence-corrected chi connectivity index (χ4v) is 1.02. The van der Waals surface area contributed by atoms with E-state index in [0.717, 1.165) is 12.1 Å². The van der Waals surface area contributed by atoms with Crippen LogP contribution in [0, 0.1) is 5.92 Å². The van der Waals surface area contributed by atoms with Gasteiger partial charge in [0.15, 0.2) is 0 Å². The van der Waals surface area contributed by atoms with Gasteiger partial charge >= 0.3 is 0 Å². The monoisotopic (exact) mass is 143 g/mol. The van der Waals surface area contributed by atoms with Crippen LogP contribution in [0.5, 0.6) is 0 Å². The highest BCUT2D eigenvalue weighted by Gasteiger charge is 2.07. The van der Waals surface area contributed by atoms with E-state index in [1.54, 1.807) is 0 Å². The number of rotatable bonds is 0. The molecule has 0 spiro atoms. The lowest BCUT2D eigenvalue weighted by molar-refractivity contribution is 0.699. The largest absolute Gasteiger partial charge is 0.401 e. The van der Waals surface area contributed by atoms with E-state index < -0.39 is 0 Å². The van der Waals surface area contributed by atoms with Gasteiger partial charge in [-0.15, -0.1) is 0 Å². The van der Waals surface area contributed by atoms with Crippen LogP contribution in [0.3, 0.4) is 0 Å². The van der Waals surface area contributed by atoms with Gasteiger partial charge in [0.25, 0.3) is 0 Å². The Balaban J connectivity index is 2.75. The number of nitrogens with two attached hydrogens (primary N) is 1. The molecule has 2 N–H and O–H groups in total. The van der Waals surface area contributed by atoms with Crippen LogP contribution in [0.4, 0.5) is 0 Å². The Morgan fingerprint density at radius 1 is 1.78 bits per heavy atom. The number of allylic oxidation sites excluding steroid dienone is 4. The molecule has 9 heavy (non-hydrogen) atoms. The average molecular weight is 144 g/mol. The summed E-state index contributed by atoms with van der Waals surface area (Å²) >= 11 is 5.70. The van der Waals surface area contributed by atoms with E-state index in [1.165, 1.54) is 0 Å². The molecule has 0 aromatic rings. The molecule has 0 aliphatic heterocycles. The molecule has 0 radical (unpaired) electrons. The van der Waals surface area contributed by atoms with Crippen molar-refractivity contribution in [2.24, 2.45) is 11.7 Å². The second-order valence-electron chi connectivity index (χ2n) is 2.41. The van der Waals surface area contributed by atoms with Gasteiger partial charge in [0.05, 0.1) is 5.03 Å². The summed E-state index contributed by atoms with van der Waals surface area (Å²) in [5, 5.41) is 0.702. The molecule has 0 heterocycles. The van der Waals surface area contributed by atoms with Gasteiger partial charge in [-0.25, -0.2) is 0 Å². The molecule has 2 heteroatoms. The zero-order valence-electron chi connectivity index (χ0n) is 5.39. The Hall–Kier alpha value is -0.430. The smallest absolute Gasteiger partial charge is 0.0590 e. The molecule has 0 aromatic carbocycles. The minimum Gasteiger partial charge on any atom is -0.401 e. The third-order valence-corrected chi connectivity index (χ3v) is 1.79. The highest BCUT2D eigenvalue weighted by atomic mass is 35.5. The normalized spacial score (nSPS) is 27.1. The predicted octanol–water partition coefficient (Wildman–Crippen LogP) is 1.99. The Kier molecular flexibility index (Phi) is 1.81. The average Bonchev–Trinajstić information content (AvgIpc) is 1.80.